The van der Waals surface area contributed by atoms with Crippen molar-refractivity contribution in [2.75, 3.05) is 0 Å². The molecule has 0 radical (unpaired) electrons. The Morgan fingerprint density at radius 2 is 1.95 bits per heavy atom. The average Bonchev–Trinajstić information content (AvgIpc) is 2.82. The molecule has 0 aliphatic heterocycles. The highest BCUT2D eigenvalue weighted by Gasteiger charge is 2.14. The second-order valence-corrected chi connectivity index (χ2v) is 7.36. The van der Waals surface area contributed by atoms with Gasteiger partial charge in [0.05, 0.1) is 11.4 Å². The van der Waals surface area contributed by atoms with E-state index in [0.29, 0.717) is 10.6 Å². The van der Waals surface area contributed by atoms with E-state index in [0.717, 1.165) is 4.88 Å². The van der Waals surface area contributed by atoms with Crippen molar-refractivity contribution in [3.63, 3.8) is 0 Å². The first-order valence-corrected chi connectivity index (χ1v) is 8.20. The van der Waals surface area contributed by atoms with Gasteiger partial charge in [-0.3, -0.25) is 4.79 Å². The van der Waals surface area contributed by atoms with E-state index in [4.69, 9.17) is 0 Å². The molecule has 7 heteroatoms. The molecular formula is C13H14N2O3S2. The Bertz CT molecular complexity index is 718. The number of aromatic nitrogens is 1. The van der Waals surface area contributed by atoms with Gasteiger partial charge in [-0.2, -0.15) is 0 Å². The minimum Gasteiger partial charge on any atom is -0.295 e. The zero-order valence-electron chi connectivity index (χ0n) is 11.1. The summed E-state index contributed by atoms with van der Waals surface area (Å²) in [6, 6.07) is 5.85. The molecule has 0 fully saturated rings. The number of carbonyl (C=O) groups is 1. The fourth-order valence-corrected chi connectivity index (χ4v) is 3.40. The number of benzene rings is 1. The Morgan fingerprint density at radius 1 is 1.30 bits per heavy atom. The third-order valence-electron chi connectivity index (χ3n) is 2.65. The van der Waals surface area contributed by atoms with Crippen molar-refractivity contribution in [1.29, 1.82) is 0 Å². The largest absolute Gasteiger partial charge is 0.295 e. The molecule has 1 heterocycles. The Hall–Kier alpha value is -1.57. The number of rotatable bonds is 5. The molecule has 0 amide bonds. The normalized spacial score (nSPS) is 11.5. The third kappa shape index (κ3) is 3.50. The van der Waals surface area contributed by atoms with Gasteiger partial charge in [-0.25, -0.2) is 18.1 Å². The van der Waals surface area contributed by atoms with E-state index in [-0.39, 0.29) is 17.2 Å². The fourth-order valence-electron chi connectivity index (χ4n) is 1.59. The standard InChI is InChI=1S/C13H14N2O3S2/c1-9-7-14-13(19-9)8-15-20(17,18)12-5-3-11(4-6-12)10(2)16/h3-7,15H,8H2,1-2H3. The van der Waals surface area contributed by atoms with Crippen LogP contribution in [-0.2, 0) is 16.6 Å². The molecule has 1 N–H and O–H groups in total. The molecule has 0 aliphatic carbocycles. The van der Waals surface area contributed by atoms with Crippen molar-refractivity contribution >= 4 is 27.1 Å². The Labute approximate surface area is 121 Å². The molecule has 20 heavy (non-hydrogen) atoms. The number of hydrogen-bond donors (Lipinski definition) is 1. The molecule has 0 aliphatic rings. The highest BCUT2D eigenvalue weighted by Crippen LogP contribution is 2.14. The van der Waals surface area contributed by atoms with Crippen LogP contribution in [0.5, 0.6) is 0 Å². The minimum absolute atomic E-state index is 0.0971. The summed E-state index contributed by atoms with van der Waals surface area (Å²) in [6.45, 7) is 3.51. The molecule has 5 nitrogen and oxygen atoms in total. The van der Waals surface area contributed by atoms with Gasteiger partial charge in [0.2, 0.25) is 10.0 Å². The maximum atomic E-state index is 12.1. The van der Waals surface area contributed by atoms with Gasteiger partial charge in [-0.1, -0.05) is 12.1 Å². The van der Waals surface area contributed by atoms with Gasteiger partial charge in [-0.15, -0.1) is 11.3 Å². The molecule has 0 spiro atoms. The molecule has 2 aromatic rings. The van der Waals surface area contributed by atoms with Crippen LogP contribution in [0.1, 0.15) is 27.2 Å². The van der Waals surface area contributed by atoms with E-state index >= 15 is 0 Å². The number of carbonyl (C=O) groups excluding carboxylic acids is 1. The summed E-state index contributed by atoms with van der Waals surface area (Å²) in [6.07, 6.45) is 1.70. The maximum absolute atomic E-state index is 12.1. The van der Waals surface area contributed by atoms with Gasteiger partial charge >= 0.3 is 0 Å². The lowest BCUT2D eigenvalue weighted by Crippen LogP contribution is -2.23. The summed E-state index contributed by atoms with van der Waals surface area (Å²) in [7, 11) is -3.59. The van der Waals surface area contributed by atoms with Gasteiger partial charge in [0, 0.05) is 16.6 Å². The Kier molecular flexibility index (Phi) is 4.32. The Balaban J connectivity index is 2.11. The first-order chi connectivity index (χ1) is 9.38. The van der Waals surface area contributed by atoms with Gasteiger partial charge in [-0.05, 0) is 26.0 Å². The number of nitrogens with zero attached hydrogens (tertiary/aromatic N) is 1. The molecule has 1 aromatic carbocycles. The van der Waals surface area contributed by atoms with Crippen molar-refractivity contribution in [2.24, 2.45) is 0 Å². The van der Waals surface area contributed by atoms with Gasteiger partial charge in [0.1, 0.15) is 5.01 Å². The van der Waals surface area contributed by atoms with E-state index in [1.807, 2.05) is 6.92 Å². The zero-order chi connectivity index (χ0) is 14.8. The van der Waals surface area contributed by atoms with E-state index in [1.165, 1.54) is 42.5 Å². The second-order valence-electron chi connectivity index (χ2n) is 4.27. The molecule has 0 atom stereocenters. The van der Waals surface area contributed by atoms with Crippen LogP contribution >= 0.6 is 11.3 Å². The SMILES string of the molecule is CC(=O)c1ccc(S(=O)(=O)NCc2ncc(C)s2)cc1. The van der Waals surface area contributed by atoms with Crippen molar-refractivity contribution in [3.8, 4) is 0 Å². The number of sulfonamides is 1. The molecule has 0 saturated carbocycles. The minimum atomic E-state index is -3.59. The van der Waals surface area contributed by atoms with E-state index in [9.17, 15) is 13.2 Å². The van der Waals surface area contributed by atoms with Crippen LogP contribution in [0.25, 0.3) is 0 Å². The summed E-state index contributed by atoms with van der Waals surface area (Å²) in [4.78, 5) is 16.4. The Morgan fingerprint density at radius 3 is 2.45 bits per heavy atom. The monoisotopic (exact) mass is 310 g/mol. The van der Waals surface area contributed by atoms with Gasteiger partial charge in [0.25, 0.3) is 0 Å². The summed E-state index contributed by atoms with van der Waals surface area (Å²) in [5.74, 6) is -0.0971. The summed E-state index contributed by atoms with van der Waals surface area (Å²) in [5.41, 5.74) is 0.486. The number of ketones is 1. The molecule has 106 valence electrons. The lowest BCUT2D eigenvalue weighted by molar-refractivity contribution is 0.101. The molecule has 2 rings (SSSR count). The van der Waals surface area contributed by atoms with Crippen LogP contribution in [0, 0.1) is 6.92 Å². The smallest absolute Gasteiger partial charge is 0.240 e. The number of nitrogens with one attached hydrogen (secondary N) is 1. The first kappa shape index (κ1) is 14.8. The second kappa shape index (κ2) is 5.82. The molecule has 0 unspecified atom stereocenters. The van der Waals surface area contributed by atoms with Crippen molar-refractivity contribution in [3.05, 3.63) is 45.9 Å². The predicted molar refractivity (Wildman–Crippen MR) is 77.3 cm³/mol. The molecule has 1 aromatic heterocycles. The first-order valence-electron chi connectivity index (χ1n) is 5.90. The van der Waals surface area contributed by atoms with Crippen molar-refractivity contribution in [1.82, 2.24) is 9.71 Å². The summed E-state index contributed by atoms with van der Waals surface area (Å²) < 4.78 is 26.6. The van der Waals surface area contributed by atoms with Crippen molar-refractivity contribution in [2.45, 2.75) is 25.3 Å². The predicted octanol–water partition coefficient (Wildman–Crippen LogP) is 2.13. The average molecular weight is 310 g/mol. The van der Waals surface area contributed by atoms with E-state index in [2.05, 4.69) is 9.71 Å². The van der Waals surface area contributed by atoms with Gasteiger partial charge in [0.15, 0.2) is 5.78 Å². The van der Waals surface area contributed by atoms with Crippen LogP contribution < -0.4 is 4.72 Å². The highest BCUT2D eigenvalue weighted by atomic mass is 32.2. The topological polar surface area (TPSA) is 76.1 Å². The van der Waals surface area contributed by atoms with Crippen LogP contribution in [-0.4, -0.2) is 19.2 Å². The fraction of sp³-hybridized carbons (Fsp3) is 0.231. The number of thiazole rings is 1. The quantitative estimate of drug-likeness (QED) is 0.858. The zero-order valence-corrected chi connectivity index (χ0v) is 12.7. The summed E-state index contributed by atoms with van der Waals surface area (Å²) in [5, 5.41) is 0.714. The maximum Gasteiger partial charge on any atom is 0.240 e. The van der Waals surface area contributed by atoms with Gasteiger partial charge < -0.3 is 0 Å². The van der Waals surface area contributed by atoms with E-state index in [1.54, 1.807) is 6.20 Å². The van der Waals surface area contributed by atoms with Crippen molar-refractivity contribution < 1.29 is 13.2 Å². The lowest BCUT2D eigenvalue weighted by atomic mass is 10.2. The number of hydrogen-bond acceptors (Lipinski definition) is 5. The molecule has 0 bridgehead atoms. The summed E-state index contributed by atoms with van der Waals surface area (Å²) >= 11 is 1.45. The van der Waals surface area contributed by atoms with Crippen LogP contribution in [0.2, 0.25) is 0 Å². The lowest BCUT2D eigenvalue weighted by Gasteiger charge is -2.05. The van der Waals surface area contributed by atoms with E-state index < -0.39 is 10.0 Å². The van der Waals surface area contributed by atoms with Crippen LogP contribution in [0.3, 0.4) is 0 Å². The number of Topliss-reactive ketones (excluding diaryl/α,β-unsaturated/α-hetero) is 1. The number of aryl methyl sites for hydroxylation is 1. The molecular weight excluding hydrogens is 296 g/mol. The van der Waals surface area contributed by atoms with Crippen LogP contribution in [0.4, 0.5) is 0 Å². The molecule has 0 saturated heterocycles. The third-order valence-corrected chi connectivity index (χ3v) is 4.98. The highest BCUT2D eigenvalue weighted by molar-refractivity contribution is 7.89. The van der Waals surface area contributed by atoms with Crippen LogP contribution in [0.15, 0.2) is 35.4 Å².